The lowest BCUT2D eigenvalue weighted by molar-refractivity contribution is -0.113. The number of fused-ring (bicyclic) bond motifs is 2. The van der Waals surface area contributed by atoms with Gasteiger partial charge in [-0.2, -0.15) is 8.75 Å². The van der Waals surface area contributed by atoms with Crippen LogP contribution in [0.15, 0.2) is 46.0 Å². The lowest BCUT2D eigenvalue weighted by Crippen LogP contribution is -2.14. The molecule has 120 valence electrons. The highest BCUT2D eigenvalue weighted by Gasteiger charge is 2.12. The number of hydrogen-bond donors (Lipinski definition) is 1. The highest BCUT2D eigenvalue weighted by atomic mass is 35.5. The van der Waals surface area contributed by atoms with Gasteiger partial charge in [0.15, 0.2) is 5.58 Å². The molecule has 4 aromatic rings. The summed E-state index contributed by atoms with van der Waals surface area (Å²) in [5.41, 5.74) is 3.42. The van der Waals surface area contributed by atoms with E-state index < -0.39 is 0 Å². The van der Waals surface area contributed by atoms with Crippen LogP contribution < -0.4 is 5.32 Å². The van der Waals surface area contributed by atoms with Crippen molar-refractivity contribution in [3.63, 3.8) is 0 Å². The van der Waals surface area contributed by atoms with Gasteiger partial charge in [0.1, 0.15) is 16.6 Å². The Kier molecular flexibility index (Phi) is 4.09. The summed E-state index contributed by atoms with van der Waals surface area (Å²) < 4.78 is 13.9. The summed E-state index contributed by atoms with van der Waals surface area (Å²) in [4.78, 5) is 16.5. The van der Waals surface area contributed by atoms with Crippen LogP contribution in [0.25, 0.3) is 22.1 Å². The topological polar surface area (TPSA) is 80.9 Å². The molecule has 6 nitrogen and oxygen atoms in total. The molecule has 0 bridgehead atoms. The van der Waals surface area contributed by atoms with Crippen LogP contribution in [0, 0.1) is 0 Å². The molecule has 0 fully saturated rings. The van der Waals surface area contributed by atoms with Crippen LogP contribution in [0.1, 0.15) is 0 Å². The standard InChI is InChI=1S/C15H9ClN4O2S2/c16-8-4-5-12-11(6-8)18-15(22-12)23-7-13(21)17-9-2-1-3-10-14(9)20-24-19-10/h1-6H,7H2,(H,17,21). The number of carbonyl (C=O) groups excluding carboxylic acids is 1. The first kappa shape index (κ1) is 15.4. The number of amides is 1. The number of oxazole rings is 1. The number of nitrogens with zero attached hydrogens (tertiary/aromatic N) is 3. The molecule has 0 aliphatic rings. The first-order valence-electron chi connectivity index (χ1n) is 6.89. The SMILES string of the molecule is O=C(CSc1nc2cc(Cl)ccc2o1)Nc1cccc2nsnc12. The minimum absolute atomic E-state index is 0.166. The van der Waals surface area contributed by atoms with Crippen molar-refractivity contribution in [2.45, 2.75) is 5.22 Å². The number of anilines is 1. The molecule has 0 unspecified atom stereocenters. The monoisotopic (exact) mass is 376 g/mol. The first-order chi connectivity index (χ1) is 11.7. The molecule has 0 radical (unpaired) electrons. The van der Waals surface area contributed by atoms with Gasteiger partial charge in [0.05, 0.1) is 23.2 Å². The van der Waals surface area contributed by atoms with Crippen molar-refractivity contribution < 1.29 is 9.21 Å². The number of hydrogen-bond acceptors (Lipinski definition) is 7. The van der Waals surface area contributed by atoms with E-state index in [-0.39, 0.29) is 11.7 Å². The van der Waals surface area contributed by atoms with Crippen LogP contribution in [-0.4, -0.2) is 25.4 Å². The minimum atomic E-state index is -0.166. The molecule has 0 atom stereocenters. The number of aromatic nitrogens is 3. The van der Waals surface area contributed by atoms with E-state index in [4.69, 9.17) is 16.0 Å². The molecule has 1 amide bonds. The third kappa shape index (κ3) is 3.08. The summed E-state index contributed by atoms with van der Waals surface area (Å²) in [6, 6.07) is 10.7. The Labute approximate surface area is 149 Å². The zero-order valence-electron chi connectivity index (χ0n) is 12.0. The predicted octanol–water partition coefficient (Wildman–Crippen LogP) is 4.22. The highest BCUT2D eigenvalue weighted by molar-refractivity contribution is 7.99. The fourth-order valence-electron chi connectivity index (χ4n) is 2.16. The van der Waals surface area contributed by atoms with Crippen LogP contribution in [0.3, 0.4) is 0 Å². The van der Waals surface area contributed by atoms with Gasteiger partial charge < -0.3 is 9.73 Å². The molecule has 4 rings (SSSR count). The van der Waals surface area contributed by atoms with Crippen LogP contribution in [0.2, 0.25) is 5.02 Å². The number of halogens is 1. The molecule has 0 spiro atoms. The normalized spacial score (nSPS) is 11.2. The molecule has 0 saturated carbocycles. The van der Waals surface area contributed by atoms with Gasteiger partial charge in [-0.15, -0.1) is 0 Å². The molecular formula is C15H9ClN4O2S2. The number of rotatable bonds is 4. The molecule has 1 N–H and O–H groups in total. The molecule has 24 heavy (non-hydrogen) atoms. The maximum Gasteiger partial charge on any atom is 0.257 e. The average Bonchev–Trinajstić information content (AvgIpc) is 3.19. The molecule has 0 aliphatic carbocycles. The van der Waals surface area contributed by atoms with Gasteiger partial charge in [-0.1, -0.05) is 29.4 Å². The zero-order chi connectivity index (χ0) is 16.5. The maximum absolute atomic E-state index is 12.2. The molecule has 2 heterocycles. The number of thioether (sulfide) groups is 1. The van der Waals surface area contributed by atoms with Gasteiger partial charge in [-0.25, -0.2) is 4.98 Å². The quantitative estimate of drug-likeness (QED) is 0.537. The van der Waals surface area contributed by atoms with E-state index in [1.54, 1.807) is 24.3 Å². The Morgan fingerprint density at radius 3 is 3.08 bits per heavy atom. The van der Waals surface area contributed by atoms with E-state index in [2.05, 4.69) is 19.0 Å². The summed E-state index contributed by atoms with van der Waals surface area (Å²) in [5.74, 6) is 0.00917. The third-order valence-electron chi connectivity index (χ3n) is 3.22. The van der Waals surface area contributed by atoms with Gasteiger partial charge in [0.2, 0.25) is 5.91 Å². The molecule has 9 heteroatoms. The molecule has 0 saturated heterocycles. The van der Waals surface area contributed by atoms with E-state index in [9.17, 15) is 4.79 Å². The molecule has 0 aliphatic heterocycles. The molecular weight excluding hydrogens is 368 g/mol. The Morgan fingerprint density at radius 1 is 1.25 bits per heavy atom. The Morgan fingerprint density at radius 2 is 2.17 bits per heavy atom. The van der Waals surface area contributed by atoms with Crippen molar-refractivity contribution in [3.05, 3.63) is 41.4 Å². The third-order valence-corrected chi connectivity index (χ3v) is 4.82. The summed E-state index contributed by atoms with van der Waals surface area (Å²) >= 11 is 8.26. The maximum atomic E-state index is 12.2. The predicted molar refractivity (Wildman–Crippen MR) is 95.8 cm³/mol. The summed E-state index contributed by atoms with van der Waals surface area (Å²) in [7, 11) is 0. The van der Waals surface area contributed by atoms with E-state index in [0.29, 0.717) is 32.5 Å². The van der Waals surface area contributed by atoms with Crippen molar-refractivity contribution in [3.8, 4) is 0 Å². The summed E-state index contributed by atoms with van der Waals surface area (Å²) in [6.07, 6.45) is 0. The summed E-state index contributed by atoms with van der Waals surface area (Å²) in [5, 5.41) is 3.86. The average molecular weight is 377 g/mol. The highest BCUT2D eigenvalue weighted by Crippen LogP contribution is 2.26. The van der Waals surface area contributed by atoms with Crippen molar-refractivity contribution in [2.24, 2.45) is 0 Å². The van der Waals surface area contributed by atoms with Crippen LogP contribution in [0.5, 0.6) is 0 Å². The Balaban J connectivity index is 1.45. The number of carbonyl (C=O) groups is 1. The fourth-order valence-corrected chi connectivity index (χ4v) is 3.52. The van der Waals surface area contributed by atoms with Crippen LogP contribution in [-0.2, 0) is 4.79 Å². The van der Waals surface area contributed by atoms with Crippen LogP contribution in [0.4, 0.5) is 5.69 Å². The van der Waals surface area contributed by atoms with Crippen molar-refractivity contribution in [1.29, 1.82) is 0 Å². The van der Waals surface area contributed by atoms with Crippen molar-refractivity contribution in [1.82, 2.24) is 13.7 Å². The Bertz CT molecular complexity index is 1050. The second-order valence-electron chi connectivity index (χ2n) is 4.87. The van der Waals surface area contributed by atoms with Crippen molar-refractivity contribution >= 4 is 68.8 Å². The second kappa shape index (κ2) is 6.39. The minimum Gasteiger partial charge on any atom is -0.431 e. The second-order valence-corrected chi connectivity index (χ2v) is 6.76. The largest absolute Gasteiger partial charge is 0.431 e. The molecule has 2 aromatic heterocycles. The molecule has 2 aromatic carbocycles. The Hall–Kier alpha value is -2.16. The summed E-state index contributed by atoms with van der Waals surface area (Å²) in [6.45, 7) is 0. The van der Waals surface area contributed by atoms with Gasteiger partial charge in [0.25, 0.3) is 5.22 Å². The lowest BCUT2D eigenvalue weighted by atomic mass is 10.2. The first-order valence-corrected chi connectivity index (χ1v) is 8.98. The van der Waals surface area contributed by atoms with Gasteiger partial charge in [0, 0.05) is 5.02 Å². The van der Waals surface area contributed by atoms with Gasteiger partial charge in [-0.3, -0.25) is 4.79 Å². The van der Waals surface area contributed by atoms with E-state index in [0.717, 1.165) is 17.2 Å². The number of benzene rings is 2. The van der Waals surface area contributed by atoms with Crippen molar-refractivity contribution in [2.75, 3.05) is 11.1 Å². The van der Waals surface area contributed by atoms with Gasteiger partial charge >= 0.3 is 0 Å². The van der Waals surface area contributed by atoms with E-state index in [1.165, 1.54) is 11.8 Å². The van der Waals surface area contributed by atoms with E-state index in [1.807, 2.05) is 12.1 Å². The van der Waals surface area contributed by atoms with Crippen LogP contribution >= 0.6 is 35.1 Å². The van der Waals surface area contributed by atoms with E-state index >= 15 is 0 Å². The van der Waals surface area contributed by atoms with Gasteiger partial charge in [-0.05, 0) is 30.3 Å². The zero-order valence-corrected chi connectivity index (χ0v) is 14.4. The number of nitrogens with one attached hydrogen (secondary N) is 1. The lowest BCUT2D eigenvalue weighted by Gasteiger charge is -2.04. The fraction of sp³-hybridized carbons (Fsp3) is 0.0667. The smallest absolute Gasteiger partial charge is 0.257 e.